The van der Waals surface area contributed by atoms with Crippen LogP contribution in [0.3, 0.4) is 0 Å². The van der Waals surface area contributed by atoms with Crippen molar-refractivity contribution in [2.24, 2.45) is 4.99 Å². The van der Waals surface area contributed by atoms with Gasteiger partial charge in [0, 0.05) is 11.8 Å². The van der Waals surface area contributed by atoms with Gasteiger partial charge >= 0.3 is 0 Å². The molecule has 0 spiro atoms. The Kier molecular flexibility index (Phi) is 3.78. The second-order valence-electron chi connectivity index (χ2n) is 4.48. The maximum atomic E-state index is 6.17. The molecule has 2 heteroatoms. The van der Waals surface area contributed by atoms with Gasteiger partial charge in [-0.1, -0.05) is 19.3 Å². The first kappa shape index (κ1) is 11.0. The summed E-state index contributed by atoms with van der Waals surface area (Å²) in [7, 11) is 0. The predicted octanol–water partition coefficient (Wildman–Crippen LogP) is 3.80. The van der Waals surface area contributed by atoms with Crippen LogP contribution in [0.1, 0.15) is 52.9 Å². The van der Waals surface area contributed by atoms with Crippen molar-refractivity contribution in [2.45, 2.75) is 63.8 Å². The maximum Gasteiger partial charge on any atom is 0.0763 e. The number of halogens is 1. The van der Waals surface area contributed by atoms with Crippen LogP contribution in [-0.2, 0) is 0 Å². The van der Waals surface area contributed by atoms with Crippen molar-refractivity contribution in [3.63, 3.8) is 0 Å². The minimum Gasteiger partial charge on any atom is -0.289 e. The van der Waals surface area contributed by atoms with Gasteiger partial charge in [0.1, 0.15) is 0 Å². The lowest BCUT2D eigenvalue weighted by Gasteiger charge is -2.22. The van der Waals surface area contributed by atoms with Gasteiger partial charge in [-0.3, -0.25) is 4.99 Å². The number of hydrogen-bond acceptors (Lipinski definition) is 1. The fourth-order valence-corrected chi connectivity index (χ4v) is 1.69. The summed E-state index contributed by atoms with van der Waals surface area (Å²) in [5.41, 5.74) is 1.08. The van der Waals surface area contributed by atoms with Gasteiger partial charge in [0.05, 0.1) is 4.87 Å². The molecule has 0 aromatic carbocycles. The average Bonchev–Trinajstić information content (AvgIpc) is 2.04. The summed E-state index contributed by atoms with van der Waals surface area (Å²) in [5, 5.41) is 0. The molecule has 0 atom stereocenters. The molecule has 1 aliphatic carbocycles. The van der Waals surface area contributed by atoms with Crippen LogP contribution in [0.5, 0.6) is 0 Å². The molecule has 0 N–H and O–H groups in total. The third-order valence-electron chi connectivity index (χ3n) is 2.81. The van der Waals surface area contributed by atoms with Gasteiger partial charge in [-0.25, -0.2) is 0 Å². The normalized spacial score (nSPS) is 22.0. The molecule has 0 aromatic rings. The topological polar surface area (TPSA) is 12.4 Å². The molecule has 1 aliphatic rings. The van der Waals surface area contributed by atoms with Crippen molar-refractivity contribution in [1.82, 2.24) is 0 Å². The highest BCUT2D eigenvalue weighted by atomic mass is 35.5. The molecule has 13 heavy (non-hydrogen) atoms. The van der Waals surface area contributed by atoms with Crippen molar-refractivity contribution < 1.29 is 0 Å². The highest BCUT2D eigenvalue weighted by Crippen LogP contribution is 2.23. The number of aliphatic imine (C=N–C) groups is 1. The van der Waals surface area contributed by atoms with E-state index in [4.69, 9.17) is 16.6 Å². The molecule has 0 heterocycles. The van der Waals surface area contributed by atoms with Crippen molar-refractivity contribution >= 4 is 17.3 Å². The average molecular weight is 202 g/mol. The van der Waals surface area contributed by atoms with Gasteiger partial charge in [-0.15, -0.1) is 11.6 Å². The summed E-state index contributed by atoms with van der Waals surface area (Å²) in [6.07, 6.45) is 6.57. The van der Waals surface area contributed by atoms with E-state index in [2.05, 4.69) is 0 Å². The zero-order valence-corrected chi connectivity index (χ0v) is 9.69. The Morgan fingerprint density at radius 3 is 2.23 bits per heavy atom. The second-order valence-corrected chi connectivity index (χ2v) is 5.42. The van der Waals surface area contributed by atoms with E-state index in [1.165, 1.54) is 32.1 Å². The lowest BCUT2D eigenvalue weighted by atomic mass is 9.95. The van der Waals surface area contributed by atoms with Crippen molar-refractivity contribution in [3.8, 4) is 0 Å². The molecule has 0 bridgehead atoms. The monoisotopic (exact) mass is 201 g/mol. The van der Waals surface area contributed by atoms with E-state index in [0.717, 1.165) is 5.71 Å². The van der Waals surface area contributed by atoms with Crippen molar-refractivity contribution in [3.05, 3.63) is 0 Å². The van der Waals surface area contributed by atoms with Crippen molar-refractivity contribution in [1.29, 1.82) is 0 Å². The number of alkyl halides is 1. The van der Waals surface area contributed by atoms with Gasteiger partial charge in [-0.2, -0.15) is 0 Å². The number of nitrogens with zero attached hydrogens (tertiary/aromatic N) is 1. The summed E-state index contributed by atoms with van der Waals surface area (Å²) in [5.74, 6) is 0. The third-order valence-corrected chi connectivity index (χ3v) is 3.08. The Bertz CT molecular complexity index is 185. The minimum absolute atomic E-state index is 0.266. The number of rotatable bonds is 2. The summed E-state index contributed by atoms with van der Waals surface area (Å²) < 4.78 is 0. The van der Waals surface area contributed by atoms with E-state index in [-0.39, 0.29) is 4.87 Å². The molecule has 1 saturated carbocycles. The second kappa shape index (κ2) is 4.45. The first-order chi connectivity index (χ1) is 6.00. The van der Waals surface area contributed by atoms with Gasteiger partial charge in [0.2, 0.25) is 0 Å². The molecule has 0 radical (unpaired) electrons. The maximum absolute atomic E-state index is 6.17. The van der Waals surface area contributed by atoms with Gasteiger partial charge in [0.25, 0.3) is 0 Å². The van der Waals surface area contributed by atoms with Gasteiger partial charge < -0.3 is 0 Å². The van der Waals surface area contributed by atoms with Crippen LogP contribution in [-0.4, -0.2) is 16.6 Å². The smallest absolute Gasteiger partial charge is 0.0763 e. The van der Waals surface area contributed by atoms with Crippen LogP contribution in [0.2, 0.25) is 0 Å². The van der Waals surface area contributed by atoms with Crippen LogP contribution in [0.15, 0.2) is 4.99 Å². The van der Waals surface area contributed by atoms with Crippen LogP contribution in [0.25, 0.3) is 0 Å². The molecule has 0 aromatic heterocycles. The zero-order valence-electron chi connectivity index (χ0n) is 8.94. The summed E-state index contributed by atoms with van der Waals surface area (Å²) in [4.78, 5) is 4.43. The highest BCUT2D eigenvalue weighted by Gasteiger charge is 2.19. The lowest BCUT2D eigenvalue weighted by molar-refractivity contribution is 0.442. The zero-order chi connectivity index (χ0) is 9.90. The fraction of sp³-hybridized carbons (Fsp3) is 0.909. The first-order valence-electron chi connectivity index (χ1n) is 5.24. The van der Waals surface area contributed by atoms with Crippen LogP contribution in [0, 0.1) is 0 Å². The van der Waals surface area contributed by atoms with Gasteiger partial charge in [-0.05, 0) is 33.6 Å². The SMILES string of the molecule is CC(=NC1CCCCC1)C(C)(C)Cl. The molecular formula is C11H20ClN. The molecule has 0 amide bonds. The molecule has 0 saturated heterocycles. The minimum atomic E-state index is -0.266. The Labute approximate surface area is 86.6 Å². The Balaban J connectivity index is 2.53. The molecule has 76 valence electrons. The van der Waals surface area contributed by atoms with Crippen molar-refractivity contribution in [2.75, 3.05) is 0 Å². The van der Waals surface area contributed by atoms with Crippen LogP contribution < -0.4 is 0 Å². The Morgan fingerprint density at radius 2 is 1.77 bits per heavy atom. The standard InChI is InChI=1S/C11H20ClN/c1-9(11(2,3)12)13-10-7-5-4-6-8-10/h10H,4-8H2,1-3H3. The van der Waals surface area contributed by atoms with Crippen LogP contribution in [0.4, 0.5) is 0 Å². The first-order valence-corrected chi connectivity index (χ1v) is 5.62. The van der Waals surface area contributed by atoms with E-state index in [1.807, 2.05) is 20.8 Å². The van der Waals surface area contributed by atoms with E-state index in [9.17, 15) is 0 Å². The molecule has 1 fully saturated rings. The molecule has 0 aliphatic heterocycles. The number of hydrogen-bond donors (Lipinski definition) is 0. The Morgan fingerprint density at radius 1 is 1.23 bits per heavy atom. The summed E-state index contributed by atoms with van der Waals surface area (Å²) >= 11 is 6.17. The molecule has 1 nitrogen and oxygen atoms in total. The van der Waals surface area contributed by atoms with E-state index < -0.39 is 0 Å². The summed E-state index contributed by atoms with van der Waals surface area (Å²) in [6.45, 7) is 6.06. The molecule has 0 unspecified atom stereocenters. The van der Waals surface area contributed by atoms with E-state index >= 15 is 0 Å². The highest BCUT2D eigenvalue weighted by molar-refractivity contribution is 6.35. The van der Waals surface area contributed by atoms with E-state index in [1.54, 1.807) is 0 Å². The van der Waals surface area contributed by atoms with Gasteiger partial charge in [0.15, 0.2) is 0 Å². The Hall–Kier alpha value is -0.0400. The lowest BCUT2D eigenvalue weighted by Crippen LogP contribution is -2.24. The van der Waals surface area contributed by atoms with Crippen LogP contribution >= 0.6 is 11.6 Å². The third kappa shape index (κ3) is 3.68. The quantitative estimate of drug-likeness (QED) is 0.476. The molecule has 1 rings (SSSR count). The fourth-order valence-electron chi connectivity index (χ4n) is 1.64. The predicted molar refractivity (Wildman–Crippen MR) is 59.9 cm³/mol. The molecular weight excluding hydrogens is 182 g/mol. The largest absolute Gasteiger partial charge is 0.289 e. The van der Waals surface area contributed by atoms with E-state index in [0.29, 0.717) is 6.04 Å². The summed E-state index contributed by atoms with van der Waals surface area (Å²) in [6, 6.07) is 0.548.